The molecule has 0 spiro atoms. The first kappa shape index (κ1) is 14.9. The van der Waals surface area contributed by atoms with E-state index in [1.54, 1.807) is 13.1 Å². The van der Waals surface area contributed by atoms with E-state index in [0.717, 1.165) is 12.0 Å². The Bertz CT molecular complexity index is 726. The first-order valence-corrected chi connectivity index (χ1v) is 6.56. The Kier molecular flexibility index (Phi) is 4.16. The molecule has 5 nitrogen and oxygen atoms in total. The maximum absolute atomic E-state index is 14.0. The van der Waals surface area contributed by atoms with Crippen LogP contribution in [0.2, 0.25) is 0 Å². The van der Waals surface area contributed by atoms with Crippen LogP contribution < -0.4 is 21.3 Å². The molecule has 0 atom stereocenters. The number of nitrogen functional groups attached to an aromatic ring is 1. The van der Waals surface area contributed by atoms with E-state index in [1.165, 1.54) is 23.8 Å². The number of rotatable bonds is 4. The van der Waals surface area contributed by atoms with Crippen molar-refractivity contribution < 1.29 is 9.13 Å². The van der Waals surface area contributed by atoms with Gasteiger partial charge in [0, 0.05) is 13.1 Å². The van der Waals surface area contributed by atoms with Crippen LogP contribution in [0.3, 0.4) is 0 Å². The Hall–Kier alpha value is -2.50. The maximum Gasteiger partial charge on any atom is 0.255 e. The summed E-state index contributed by atoms with van der Waals surface area (Å²) in [5.74, 6) is 0.151. The van der Waals surface area contributed by atoms with Gasteiger partial charge in [-0.05, 0) is 24.1 Å². The fourth-order valence-corrected chi connectivity index (χ4v) is 2.02. The molecule has 0 aliphatic rings. The van der Waals surface area contributed by atoms with Gasteiger partial charge in [-0.2, -0.15) is 0 Å². The predicted molar refractivity (Wildman–Crippen MR) is 81.7 cm³/mol. The zero-order valence-electron chi connectivity index (χ0n) is 12.2. The number of nitrogens with zero attached hydrogens (tertiary/aromatic N) is 1. The molecule has 0 fully saturated rings. The Morgan fingerprint density at radius 3 is 2.67 bits per heavy atom. The van der Waals surface area contributed by atoms with Gasteiger partial charge in [-0.1, -0.05) is 13.0 Å². The fraction of sp³-hybridized carbons (Fsp3) is 0.267. The highest BCUT2D eigenvalue weighted by molar-refractivity contribution is 5.74. The Morgan fingerprint density at radius 2 is 2.10 bits per heavy atom. The SMILES string of the molecule is CCc1ccc(Nc2c(N)c(OC)cc(=O)n2C)c(F)c1. The molecule has 1 aromatic carbocycles. The molecule has 0 radical (unpaired) electrons. The number of pyridine rings is 1. The molecular formula is C15H18FN3O2. The second kappa shape index (κ2) is 5.87. The zero-order chi connectivity index (χ0) is 15.6. The highest BCUT2D eigenvalue weighted by Crippen LogP contribution is 2.30. The summed E-state index contributed by atoms with van der Waals surface area (Å²) in [7, 11) is 2.98. The van der Waals surface area contributed by atoms with Crippen molar-refractivity contribution in [2.75, 3.05) is 18.2 Å². The Labute approximate surface area is 122 Å². The lowest BCUT2D eigenvalue weighted by molar-refractivity contribution is 0.415. The van der Waals surface area contributed by atoms with Crippen LogP contribution in [0, 0.1) is 5.82 Å². The third-order valence-corrected chi connectivity index (χ3v) is 3.36. The molecule has 0 saturated carbocycles. The minimum Gasteiger partial charge on any atom is -0.494 e. The topological polar surface area (TPSA) is 69.3 Å². The molecule has 21 heavy (non-hydrogen) atoms. The lowest BCUT2D eigenvalue weighted by atomic mass is 10.1. The molecule has 6 heteroatoms. The largest absolute Gasteiger partial charge is 0.494 e. The van der Waals surface area contributed by atoms with Crippen molar-refractivity contribution in [2.24, 2.45) is 7.05 Å². The summed E-state index contributed by atoms with van der Waals surface area (Å²) < 4.78 is 20.4. The molecule has 2 rings (SSSR count). The molecule has 0 unspecified atom stereocenters. The van der Waals surface area contributed by atoms with E-state index in [9.17, 15) is 9.18 Å². The second-order valence-corrected chi connectivity index (χ2v) is 4.67. The van der Waals surface area contributed by atoms with Gasteiger partial charge in [0.15, 0.2) is 5.75 Å². The van der Waals surface area contributed by atoms with E-state index in [-0.39, 0.29) is 22.7 Å². The molecule has 3 N–H and O–H groups in total. The molecule has 0 aliphatic heterocycles. The summed E-state index contributed by atoms with van der Waals surface area (Å²) in [4.78, 5) is 11.8. The van der Waals surface area contributed by atoms with Gasteiger partial charge in [-0.25, -0.2) is 4.39 Å². The Morgan fingerprint density at radius 1 is 1.38 bits per heavy atom. The van der Waals surface area contributed by atoms with Crippen LogP contribution in [-0.2, 0) is 13.5 Å². The summed E-state index contributed by atoms with van der Waals surface area (Å²) >= 11 is 0. The number of aryl methyl sites for hydroxylation is 1. The zero-order valence-corrected chi connectivity index (χ0v) is 12.2. The monoisotopic (exact) mass is 291 g/mol. The van der Waals surface area contributed by atoms with Gasteiger partial charge in [-0.3, -0.25) is 9.36 Å². The number of ether oxygens (including phenoxy) is 1. The van der Waals surface area contributed by atoms with Crippen LogP contribution in [0.1, 0.15) is 12.5 Å². The lowest BCUT2D eigenvalue weighted by Gasteiger charge is -2.16. The van der Waals surface area contributed by atoms with Gasteiger partial charge in [0.1, 0.15) is 17.3 Å². The smallest absolute Gasteiger partial charge is 0.255 e. The van der Waals surface area contributed by atoms with Crippen LogP contribution in [0.25, 0.3) is 0 Å². The van der Waals surface area contributed by atoms with Crippen molar-refractivity contribution in [3.63, 3.8) is 0 Å². The van der Waals surface area contributed by atoms with Crippen LogP contribution in [0.4, 0.5) is 21.6 Å². The molecule has 0 bridgehead atoms. The van der Waals surface area contributed by atoms with Crippen LogP contribution in [0.15, 0.2) is 29.1 Å². The average molecular weight is 291 g/mol. The average Bonchev–Trinajstić information content (AvgIpc) is 2.48. The molecule has 112 valence electrons. The molecule has 0 amide bonds. The molecule has 2 aromatic rings. The van der Waals surface area contributed by atoms with Crippen molar-refractivity contribution in [2.45, 2.75) is 13.3 Å². The minimum absolute atomic E-state index is 0.249. The number of hydrogen-bond acceptors (Lipinski definition) is 4. The van der Waals surface area contributed by atoms with Crippen LogP contribution >= 0.6 is 0 Å². The van der Waals surface area contributed by atoms with Gasteiger partial charge in [-0.15, -0.1) is 0 Å². The minimum atomic E-state index is -0.399. The second-order valence-electron chi connectivity index (χ2n) is 4.67. The number of halogens is 1. The van der Waals surface area contributed by atoms with E-state index >= 15 is 0 Å². The van der Waals surface area contributed by atoms with E-state index in [0.29, 0.717) is 5.82 Å². The van der Waals surface area contributed by atoms with Crippen LogP contribution in [0.5, 0.6) is 5.75 Å². The summed E-state index contributed by atoms with van der Waals surface area (Å²) in [6.07, 6.45) is 0.747. The summed E-state index contributed by atoms with van der Waals surface area (Å²) in [5, 5.41) is 2.86. The van der Waals surface area contributed by atoms with Crippen LogP contribution in [-0.4, -0.2) is 11.7 Å². The number of anilines is 3. The summed E-state index contributed by atoms with van der Waals surface area (Å²) in [6.45, 7) is 1.95. The number of nitrogens with two attached hydrogens (primary N) is 1. The highest BCUT2D eigenvalue weighted by atomic mass is 19.1. The molecule has 1 aromatic heterocycles. The predicted octanol–water partition coefficient (Wildman–Crippen LogP) is 2.42. The third kappa shape index (κ3) is 2.84. The van der Waals surface area contributed by atoms with E-state index in [4.69, 9.17) is 10.5 Å². The maximum atomic E-state index is 14.0. The summed E-state index contributed by atoms with van der Waals surface area (Å²) in [6, 6.07) is 6.19. The summed E-state index contributed by atoms with van der Waals surface area (Å²) in [5.41, 5.74) is 7.05. The van der Waals surface area contributed by atoms with E-state index in [1.807, 2.05) is 13.0 Å². The van der Waals surface area contributed by atoms with E-state index < -0.39 is 5.82 Å². The first-order chi connectivity index (χ1) is 9.97. The molecular weight excluding hydrogens is 273 g/mol. The van der Waals surface area contributed by atoms with Crippen molar-refractivity contribution in [1.82, 2.24) is 4.57 Å². The van der Waals surface area contributed by atoms with E-state index in [2.05, 4.69) is 5.32 Å². The van der Waals surface area contributed by atoms with Gasteiger partial charge in [0.25, 0.3) is 5.56 Å². The van der Waals surface area contributed by atoms with Gasteiger partial charge in [0.2, 0.25) is 0 Å². The van der Waals surface area contributed by atoms with Gasteiger partial charge < -0.3 is 15.8 Å². The number of nitrogens with one attached hydrogen (secondary N) is 1. The molecule has 0 aliphatic carbocycles. The van der Waals surface area contributed by atoms with Crippen molar-refractivity contribution in [1.29, 1.82) is 0 Å². The molecule has 1 heterocycles. The third-order valence-electron chi connectivity index (χ3n) is 3.36. The number of aromatic nitrogens is 1. The number of hydrogen-bond donors (Lipinski definition) is 2. The normalized spacial score (nSPS) is 10.5. The number of benzene rings is 1. The first-order valence-electron chi connectivity index (χ1n) is 6.56. The van der Waals surface area contributed by atoms with Crippen molar-refractivity contribution in [3.8, 4) is 5.75 Å². The van der Waals surface area contributed by atoms with Gasteiger partial charge in [0.05, 0.1) is 12.8 Å². The van der Waals surface area contributed by atoms with Gasteiger partial charge >= 0.3 is 0 Å². The molecule has 0 saturated heterocycles. The van der Waals surface area contributed by atoms with Crippen molar-refractivity contribution >= 4 is 17.2 Å². The van der Waals surface area contributed by atoms with Crippen molar-refractivity contribution in [3.05, 3.63) is 46.0 Å². The Balaban J connectivity index is 2.49. The fourth-order valence-electron chi connectivity index (χ4n) is 2.02. The standard InChI is InChI=1S/C15H18FN3O2/c1-4-9-5-6-11(10(16)7-9)18-15-14(17)12(21-3)8-13(20)19(15)2/h5-8,18H,4,17H2,1-3H3. The highest BCUT2D eigenvalue weighted by Gasteiger charge is 2.13. The number of methoxy groups -OCH3 is 1. The lowest BCUT2D eigenvalue weighted by Crippen LogP contribution is -2.21. The quantitative estimate of drug-likeness (QED) is 0.907.